The van der Waals surface area contributed by atoms with E-state index in [1.54, 1.807) is 0 Å². The van der Waals surface area contributed by atoms with Crippen LogP contribution in [-0.2, 0) is 0 Å². The van der Waals surface area contributed by atoms with Crippen molar-refractivity contribution in [1.82, 2.24) is 0 Å². The van der Waals surface area contributed by atoms with Crippen LogP contribution in [0.25, 0.3) is 76.9 Å². The van der Waals surface area contributed by atoms with Crippen LogP contribution in [0.5, 0.6) is 0 Å². The van der Waals surface area contributed by atoms with E-state index in [1.807, 2.05) is 12.1 Å². The summed E-state index contributed by atoms with van der Waals surface area (Å²) in [6, 6.07) is 60.5. The molecule has 0 saturated heterocycles. The van der Waals surface area contributed by atoms with Gasteiger partial charge in [0.05, 0.1) is 0 Å². The largest absolute Gasteiger partial charge is 0.456 e. The first-order valence-electron chi connectivity index (χ1n) is 15.7. The van der Waals surface area contributed by atoms with Crippen LogP contribution in [-0.4, -0.2) is 0 Å². The van der Waals surface area contributed by atoms with Gasteiger partial charge in [-0.3, -0.25) is 0 Å². The van der Waals surface area contributed by atoms with Crippen LogP contribution in [0.1, 0.15) is 0 Å². The summed E-state index contributed by atoms with van der Waals surface area (Å²) in [5.74, 6) is 0. The molecule has 0 bridgehead atoms. The van der Waals surface area contributed by atoms with E-state index in [0.29, 0.717) is 0 Å². The maximum atomic E-state index is 6.19. The van der Waals surface area contributed by atoms with E-state index in [4.69, 9.17) is 4.42 Å². The Kier molecular flexibility index (Phi) is 6.17. The Hall–Kier alpha value is -6.12. The van der Waals surface area contributed by atoms with Gasteiger partial charge in [0.25, 0.3) is 0 Å². The summed E-state index contributed by atoms with van der Waals surface area (Å²) in [7, 11) is 0. The normalized spacial score (nSPS) is 11.5. The second-order valence-corrected chi connectivity index (χ2v) is 11.8. The zero-order valence-corrected chi connectivity index (χ0v) is 25.1. The number of benzene rings is 8. The van der Waals surface area contributed by atoms with Crippen molar-refractivity contribution in [2.24, 2.45) is 0 Å². The number of furan rings is 1. The molecule has 0 amide bonds. The molecule has 0 saturated carbocycles. The molecule has 0 aliphatic rings. The zero-order valence-electron chi connectivity index (χ0n) is 25.1. The first kappa shape index (κ1) is 26.3. The summed E-state index contributed by atoms with van der Waals surface area (Å²) in [6.45, 7) is 0. The molecule has 0 radical (unpaired) electrons. The molecule has 0 atom stereocenters. The minimum absolute atomic E-state index is 0.909. The number of fused-ring (bicyclic) bond motifs is 5. The summed E-state index contributed by atoms with van der Waals surface area (Å²) >= 11 is 0. The highest BCUT2D eigenvalue weighted by molar-refractivity contribution is 6.06. The van der Waals surface area contributed by atoms with E-state index in [0.717, 1.165) is 55.6 Å². The van der Waals surface area contributed by atoms with Gasteiger partial charge in [0.2, 0.25) is 0 Å². The van der Waals surface area contributed by atoms with Crippen LogP contribution in [0.15, 0.2) is 174 Å². The minimum Gasteiger partial charge on any atom is -0.456 e. The zero-order chi connectivity index (χ0) is 30.5. The first-order valence-corrected chi connectivity index (χ1v) is 15.7. The van der Waals surface area contributed by atoms with Gasteiger partial charge in [-0.05, 0) is 80.4 Å². The Balaban J connectivity index is 1.15. The van der Waals surface area contributed by atoms with Crippen molar-refractivity contribution < 1.29 is 4.42 Å². The number of anilines is 2. The van der Waals surface area contributed by atoms with E-state index < -0.39 is 0 Å². The van der Waals surface area contributed by atoms with Crippen LogP contribution >= 0.6 is 0 Å². The SMILES string of the molecule is c1ccc2c(Nc3ccc(-c4cccc5ccccc45)cc3-c3ccc(-c4ccc5c(c4)oc4ccccc45)cc3)cccc2c1. The van der Waals surface area contributed by atoms with Gasteiger partial charge in [-0.1, -0.05) is 133 Å². The lowest BCUT2D eigenvalue weighted by atomic mass is 9.93. The highest BCUT2D eigenvalue weighted by Crippen LogP contribution is 2.39. The molecular weight excluding hydrogens is 558 g/mol. The van der Waals surface area contributed by atoms with Crippen LogP contribution in [0, 0.1) is 0 Å². The molecule has 9 aromatic rings. The third-order valence-corrected chi connectivity index (χ3v) is 9.09. The maximum absolute atomic E-state index is 6.19. The lowest BCUT2D eigenvalue weighted by Gasteiger charge is -2.17. The molecule has 46 heavy (non-hydrogen) atoms. The average molecular weight is 588 g/mol. The van der Waals surface area contributed by atoms with E-state index in [-0.39, 0.29) is 0 Å². The van der Waals surface area contributed by atoms with Crippen molar-refractivity contribution in [2.75, 3.05) is 5.32 Å². The van der Waals surface area contributed by atoms with Gasteiger partial charge in [-0.25, -0.2) is 0 Å². The molecule has 0 aliphatic carbocycles. The molecule has 1 heterocycles. The molecule has 8 aromatic carbocycles. The smallest absolute Gasteiger partial charge is 0.136 e. The lowest BCUT2D eigenvalue weighted by Crippen LogP contribution is -1.95. The van der Waals surface area contributed by atoms with Gasteiger partial charge in [0.15, 0.2) is 0 Å². The summed E-state index contributed by atoms with van der Waals surface area (Å²) in [6.07, 6.45) is 0. The monoisotopic (exact) mass is 587 g/mol. The first-order chi connectivity index (χ1) is 22.8. The average Bonchev–Trinajstić information content (AvgIpc) is 3.50. The Morgan fingerprint density at radius 2 is 0.935 bits per heavy atom. The molecular formula is C44H29NO. The maximum Gasteiger partial charge on any atom is 0.136 e. The highest BCUT2D eigenvalue weighted by atomic mass is 16.3. The summed E-state index contributed by atoms with van der Waals surface area (Å²) in [5.41, 5.74) is 11.0. The quantitative estimate of drug-likeness (QED) is 0.217. The molecule has 0 aliphatic heterocycles. The second-order valence-electron chi connectivity index (χ2n) is 11.8. The molecule has 0 spiro atoms. The van der Waals surface area contributed by atoms with Crippen molar-refractivity contribution in [3.63, 3.8) is 0 Å². The van der Waals surface area contributed by atoms with E-state index in [1.165, 1.54) is 32.7 Å². The summed E-state index contributed by atoms with van der Waals surface area (Å²) in [4.78, 5) is 0. The Morgan fingerprint density at radius 1 is 0.326 bits per heavy atom. The molecule has 216 valence electrons. The highest BCUT2D eigenvalue weighted by Gasteiger charge is 2.13. The van der Waals surface area contributed by atoms with Crippen molar-refractivity contribution in [3.05, 3.63) is 170 Å². The van der Waals surface area contributed by atoms with Gasteiger partial charge < -0.3 is 9.73 Å². The molecule has 0 unspecified atom stereocenters. The minimum atomic E-state index is 0.909. The fraction of sp³-hybridized carbons (Fsp3) is 0. The standard InChI is InChI=1S/C44H29NO/c1-3-13-35-30(9-1)11-7-16-36(35)34-24-26-42(45-41-17-8-12-31-10-2-4-14-37(31)41)40(27-34)32-21-19-29(20-22-32)33-23-25-39-38-15-5-6-18-43(38)46-44(39)28-33/h1-28,45H. The van der Waals surface area contributed by atoms with Gasteiger partial charge >= 0.3 is 0 Å². The number of para-hydroxylation sites is 1. The van der Waals surface area contributed by atoms with Gasteiger partial charge in [-0.2, -0.15) is 0 Å². The topological polar surface area (TPSA) is 25.2 Å². The molecule has 0 fully saturated rings. The van der Waals surface area contributed by atoms with Crippen molar-refractivity contribution >= 4 is 54.9 Å². The Labute approximate surface area is 267 Å². The molecule has 1 aromatic heterocycles. The van der Waals surface area contributed by atoms with Crippen molar-refractivity contribution in [1.29, 1.82) is 0 Å². The molecule has 2 nitrogen and oxygen atoms in total. The van der Waals surface area contributed by atoms with Crippen LogP contribution in [0.4, 0.5) is 11.4 Å². The van der Waals surface area contributed by atoms with Crippen molar-refractivity contribution in [3.8, 4) is 33.4 Å². The fourth-order valence-corrected chi connectivity index (χ4v) is 6.76. The van der Waals surface area contributed by atoms with E-state index >= 15 is 0 Å². The summed E-state index contributed by atoms with van der Waals surface area (Å²) in [5, 5.41) is 11.0. The third-order valence-electron chi connectivity index (χ3n) is 9.09. The van der Waals surface area contributed by atoms with Crippen LogP contribution < -0.4 is 5.32 Å². The third kappa shape index (κ3) is 4.51. The summed E-state index contributed by atoms with van der Waals surface area (Å²) < 4.78 is 6.19. The van der Waals surface area contributed by atoms with Gasteiger partial charge in [0.1, 0.15) is 11.2 Å². The van der Waals surface area contributed by atoms with Crippen molar-refractivity contribution in [2.45, 2.75) is 0 Å². The fourth-order valence-electron chi connectivity index (χ4n) is 6.76. The number of hydrogen-bond donors (Lipinski definition) is 1. The van der Waals surface area contributed by atoms with Gasteiger partial charge in [0, 0.05) is 33.1 Å². The van der Waals surface area contributed by atoms with E-state index in [2.05, 4.69) is 163 Å². The lowest BCUT2D eigenvalue weighted by molar-refractivity contribution is 0.669. The number of nitrogens with one attached hydrogen (secondary N) is 1. The molecule has 2 heteroatoms. The van der Waals surface area contributed by atoms with Crippen LogP contribution in [0.2, 0.25) is 0 Å². The predicted molar refractivity (Wildman–Crippen MR) is 195 cm³/mol. The van der Waals surface area contributed by atoms with Gasteiger partial charge in [-0.15, -0.1) is 0 Å². The van der Waals surface area contributed by atoms with E-state index in [9.17, 15) is 0 Å². The van der Waals surface area contributed by atoms with Crippen LogP contribution in [0.3, 0.4) is 0 Å². The second kappa shape index (κ2) is 10.8. The Morgan fingerprint density at radius 3 is 1.78 bits per heavy atom. The number of hydrogen-bond acceptors (Lipinski definition) is 2. The number of rotatable bonds is 5. The Bertz CT molecular complexity index is 2550. The molecule has 1 N–H and O–H groups in total. The molecule has 9 rings (SSSR count). The predicted octanol–water partition coefficient (Wildman–Crippen LogP) is 12.6.